The van der Waals surface area contributed by atoms with Crippen LogP contribution in [0.2, 0.25) is 0 Å². The molecule has 0 spiro atoms. The number of aromatic hydroxyl groups is 1. The van der Waals surface area contributed by atoms with Crippen LogP contribution in [0.25, 0.3) is 5.76 Å². The van der Waals surface area contributed by atoms with Crippen molar-refractivity contribution in [1.29, 1.82) is 0 Å². The number of ether oxygens (including phenoxy) is 2. The summed E-state index contributed by atoms with van der Waals surface area (Å²) in [7, 11) is 2.69. The van der Waals surface area contributed by atoms with Gasteiger partial charge >= 0.3 is 0 Å². The number of amides is 1. The summed E-state index contributed by atoms with van der Waals surface area (Å²) in [6.07, 6.45) is 0. The maximum atomic E-state index is 14.7. The van der Waals surface area contributed by atoms with Crippen LogP contribution in [0.5, 0.6) is 17.2 Å². The minimum absolute atomic E-state index is 0.00429. The first-order chi connectivity index (χ1) is 16.3. The Bertz CT molecular complexity index is 1310. The summed E-state index contributed by atoms with van der Waals surface area (Å²) in [5.41, 5.74) is -0.739. The van der Waals surface area contributed by atoms with Gasteiger partial charge in [0.2, 0.25) is 0 Å². The molecule has 0 saturated carbocycles. The summed E-state index contributed by atoms with van der Waals surface area (Å²) in [5, 5.41) is 21.3. The minimum atomic E-state index is -1.39. The molecule has 1 atom stereocenters. The van der Waals surface area contributed by atoms with Gasteiger partial charge in [-0.25, -0.2) is 8.78 Å². The van der Waals surface area contributed by atoms with E-state index >= 15 is 0 Å². The summed E-state index contributed by atoms with van der Waals surface area (Å²) in [6, 6.07) is 11.3. The Labute approximate surface area is 193 Å². The van der Waals surface area contributed by atoms with Gasteiger partial charge in [0, 0.05) is 6.07 Å². The number of hydrogen-bond donors (Lipinski definition) is 2. The van der Waals surface area contributed by atoms with Gasteiger partial charge in [-0.1, -0.05) is 18.2 Å². The minimum Gasteiger partial charge on any atom is -0.508 e. The van der Waals surface area contributed by atoms with E-state index in [1.165, 1.54) is 50.6 Å². The monoisotopic (exact) mass is 467 g/mol. The Hall–Kier alpha value is -4.40. The molecule has 34 heavy (non-hydrogen) atoms. The van der Waals surface area contributed by atoms with Crippen molar-refractivity contribution in [3.8, 4) is 17.2 Å². The topological polar surface area (TPSA) is 96.3 Å². The molecule has 9 heteroatoms. The van der Waals surface area contributed by atoms with Crippen molar-refractivity contribution < 1.29 is 38.1 Å². The van der Waals surface area contributed by atoms with E-state index in [0.717, 1.165) is 23.1 Å². The number of phenols is 1. The van der Waals surface area contributed by atoms with Crippen LogP contribution in [-0.4, -0.2) is 36.1 Å². The number of benzene rings is 3. The van der Waals surface area contributed by atoms with Crippen LogP contribution in [0.3, 0.4) is 0 Å². The lowest BCUT2D eigenvalue weighted by Gasteiger charge is -2.26. The van der Waals surface area contributed by atoms with Crippen molar-refractivity contribution in [3.05, 3.63) is 89.0 Å². The van der Waals surface area contributed by atoms with Gasteiger partial charge in [-0.3, -0.25) is 14.5 Å². The maximum absolute atomic E-state index is 14.7. The van der Waals surface area contributed by atoms with Crippen LogP contribution < -0.4 is 14.4 Å². The number of hydrogen-bond acceptors (Lipinski definition) is 6. The predicted molar refractivity (Wildman–Crippen MR) is 119 cm³/mol. The lowest BCUT2D eigenvalue weighted by atomic mass is 9.94. The number of aliphatic hydroxyl groups is 1. The average molecular weight is 467 g/mol. The average Bonchev–Trinajstić information content (AvgIpc) is 3.10. The Morgan fingerprint density at radius 3 is 2.21 bits per heavy atom. The molecule has 3 aromatic rings. The quantitative estimate of drug-likeness (QED) is 0.330. The zero-order valence-electron chi connectivity index (χ0n) is 18.1. The summed E-state index contributed by atoms with van der Waals surface area (Å²) in [6.45, 7) is 0. The van der Waals surface area contributed by atoms with E-state index in [-0.39, 0.29) is 28.4 Å². The number of halogens is 2. The Morgan fingerprint density at radius 2 is 1.59 bits per heavy atom. The number of anilines is 1. The van der Waals surface area contributed by atoms with Gasteiger partial charge in [0.05, 0.1) is 31.5 Å². The summed E-state index contributed by atoms with van der Waals surface area (Å²) in [5.74, 6) is -4.65. The second-order valence-electron chi connectivity index (χ2n) is 7.40. The van der Waals surface area contributed by atoms with Crippen LogP contribution in [0.15, 0.2) is 66.2 Å². The standard InChI is InChI=1S/C25H19F2NO6/c1-33-18-7-4-8-19(34-2)20(18)23(30)21-22(13-5-3-6-15(29)11-13)28(25(32)24(21)31)17-12-14(26)9-10-16(17)27/h3-12,22,29-30H,1-2H3/b23-21+. The second kappa shape index (κ2) is 8.86. The fraction of sp³-hybridized carbons (Fsp3) is 0.120. The molecule has 0 bridgehead atoms. The first-order valence-electron chi connectivity index (χ1n) is 10.0. The van der Waals surface area contributed by atoms with Gasteiger partial charge in [-0.05, 0) is 42.0 Å². The maximum Gasteiger partial charge on any atom is 0.300 e. The number of carbonyl (C=O) groups is 2. The molecule has 1 unspecified atom stereocenters. The van der Waals surface area contributed by atoms with E-state index in [1.807, 2.05) is 0 Å². The molecule has 1 amide bonds. The van der Waals surface area contributed by atoms with E-state index in [1.54, 1.807) is 6.07 Å². The molecule has 7 nitrogen and oxygen atoms in total. The van der Waals surface area contributed by atoms with Crippen LogP contribution in [0.1, 0.15) is 17.2 Å². The van der Waals surface area contributed by atoms with E-state index in [4.69, 9.17) is 9.47 Å². The fourth-order valence-electron chi connectivity index (χ4n) is 3.98. The lowest BCUT2D eigenvalue weighted by Crippen LogP contribution is -2.30. The molecule has 1 saturated heterocycles. The highest BCUT2D eigenvalue weighted by atomic mass is 19.1. The number of carbonyl (C=O) groups excluding carboxylic acids is 2. The molecule has 174 valence electrons. The van der Waals surface area contributed by atoms with Gasteiger partial charge in [-0.15, -0.1) is 0 Å². The summed E-state index contributed by atoms with van der Waals surface area (Å²) < 4.78 is 39.4. The molecule has 0 radical (unpaired) electrons. The molecule has 3 aromatic carbocycles. The molecule has 4 rings (SSSR count). The second-order valence-corrected chi connectivity index (χ2v) is 7.40. The molecular weight excluding hydrogens is 448 g/mol. The van der Waals surface area contributed by atoms with Gasteiger partial charge in [0.25, 0.3) is 11.7 Å². The van der Waals surface area contributed by atoms with Gasteiger partial charge < -0.3 is 19.7 Å². The molecule has 1 heterocycles. The van der Waals surface area contributed by atoms with Gasteiger partial charge in [-0.2, -0.15) is 0 Å². The zero-order chi connectivity index (χ0) is 24.6. The van der Waals surface area contributed by atoms with Crippen molar-refractivity contribution in [2.45, 2.75) is 6.04 Å². The van der Waals surface area contributed by atoms with Gasteiger partial charge in [0.15, 0.2) is 0 Å². The fourth-order valence-corrected chi connectivity index (χ4v) is 3.98. The normalized spacial score (nSPS) is 17.2. The van der Waals surface area contributed by atoms with Crippen molar-refractivity contribution in [2.75, 3.05) is 19.1 Å². The largest absolute Gasteiger partial charge is 0.508 e. The summed E-state index contributed by atoms with van der Waals surface area (Å²) in [4.78, 5) is 27.1. The first kappa shape index (κ1) is 22.8. The number of aliphatic hydroxyl groups excluding tert-OH is 1. The van der Waals surface area contributed by atoms with Crippen molar-refractivity contribution in [2.24, 2.45) is 0 Å². The number of rotatable bonds is 5. The highest BCUT2D eigenvalue weighted by Gasteiger charge is 2.48. The van der Waals surface area contributed by atoms with E-state index in [0.29, 0.717) is 0 Å². The Balaban J connectivity index is 2.05. The van der Waals surface area contributed by atoms with Crippen LogP contribution in [0, 0.1) is 11.6 Å². The number of phenolic OH excluding ortho intramolecular Hbond substituents is 1. The Morgan fingerprint density at radius 1 is 0.941 bits per heavy atom. The third kappa shape index (κ3) is 3.71. The van der Waals surface area contributed by atoms with E-state index < -0.39 is 46.4 Å². The smallest absolute Gasteiger partial charge is 0.300 e. The Kier molecular flexibility index (Phi) is 5.93. The number of nitrogens with zero attached hydrogens (tertiary/aromatic N) is 1. The van der Waals surface area contributed by atoms with Gasteiger partial charge in [0.1, 0.15) is 40.2 Å². The molecule has 1 fully saturated rings. The van der Waals surface area contributed by atoms with Crippen LogP contribution >= 0.6 is 0 Å². The third-order valence-electron chi connectivity index (χ3n) is 5.46. The lowest BCUT2D eigenvalue weighted by molar-refractivity contribution is -0.132. The van der Waals surface area contributed by atoms with Crippen LogP contribution in [0.4, 0.5) is 14.5 Å². The van der Waals surface area contributed by atoms with Crippen molar-refractivity contribution >= 4 is 23.1 Å². The number of methoxy groups -OCH3 is 2. The molecule has 1 aliphatic heterocycles. The molecule has 0 aliphatic carbocycles. The van der Waals surface area contributed by atoms with E-state index in [9.17, 15) is 28.6 Å². The zero-order valence-corrected chi connectivity index (χ0v) is 18.1. The third-order valence-corrected chi connectivity index (χ3v) is 5.46. The van der Waals surface area contributed by atoms with Crippen molar-refractivity contribution in [3.63, 3.8) is 0 Å². The summed E-state index contributed by atoms with van der Waals surface area (Å²) >= 11 is 0. The predicted octanol–water partition coefficient (Wildman–Crippen LogP) is 4.31. The highest BCUT2D eigenvalue weighted by Crippen LogP contribution is 2.46. The highest BCUT2D eigenvalue weighted by molar-refractivity contribution is 6.51. The van der Waals surface area contributed by atoms with Crippen LogP contribution in [-0.2, 0) is 9.59 Å². The first-order valence-corrected chi connectivity index (χ1v) is 10.0. The molecule has 2 N–H and O–H groups in total. The number of ketones is 1. The van der Waals surface area contributed by atoms with Crippen molar-refractivity contribution in [1.82, 2.24) is 0 Å². The number of Topliss-reactive ketones (excluding diaryl/α,β-unsaturated/α-hetero) is 1. The van der Waals surface area contributed by atoms with E-state index in [2.05, 4.69) is 0 Å². The SMILES string of the molecule is COc1cccc(OC)c1/C(O)=C1\C(=O)C(=O)N(c2cc(F)ccc2F)C1c1cccc(O)c1. The molecule has 0 aromatic heterocycles. The molecular formula is C25H19F2NO6. The molecule has 1 aliphatic rings.